The lowest BCUT2D eigenvalue weighted by molar-refractivity contribution is 0.984. The standard InChI is InChI=1S/C7H10N2.C2H6/c1-6-2-3-9-7(4-6)5-8;1-2/h2-4H,5,8H2,1H3;1-2H3. The van der Waals surface area contributed by atoms with Crippen LogP contribution in [0.4, 0.5) is 0 Å². The first-order chi connectivity index (χ1) is 5.33. The molecule has 0 aromatic carbocycles. The zero-order chi connectivity index (χ0) is 8.69. The minimum absolute atomic E-state index is 0.529. The highest BCUT2D eigenvalue weighted by molar-refractivity contribution is 5.13. The van der Waals surface area contributed by atoms with Crippen LogP contribution in [0.15, 0.2) is 18.3 Å². The molecule has 0 aliphatic rings. The summed E-state index contributed by atoms with van der Waals surface area (Å²) in [5, 5.41) is 0. The van der Waals surface area contributed by atoms with E-state index >= 15 is 0 Å². The maximum Gasteiger partial charge on any atom is 0.0542 e. The molecular weight excluding hydrogens is 136 g/mol. The van der Waals surface area contributed by atoms with Gasteiger partial charge in [0.1, 0.15) is 0 Å². The van der Waals surface area contributed by atoms with Gasteiger partial charge in [0, 0.05) is 12.7 Å². The molecule has 0 atom stereocenters. The highest BCUT2D eigenvalue weighted by Gasteiger charge is 1.87. The SMILES string of the molecule is CC.Cc1ccnc(CN)c1. The van der Waals surface area contributed by atoms with Gasteiger partial charge in [-0.1, -0.05) is 13.8 Å². The number of aromatic nitrogens is 1. The predicted molar refractivity (Wildman–Crippen MR) is 48.2 cm³/mol. The second kappa shape index (κ2) is 5.86. The van der Waals surface area contributed by atoms with Gasteiger partial charge in [-0.2, -0.15) is 0 Å². The van der Waals surface area contributed by atoms with Crippen molar-refractivity contribution >= 4 is 0 Å². The molecule has 11 heavy (non-hydrogen) atoms. The number of nitrogens with zero attached hydrogens (tertiary/aromatic N) is 1. The quantitative estimate of drug-likeness (QED) is 0.667. The van der Waals surface area contributed by atoms with E-state index in [1.165, 1.54) is 5.56 Å². The van der Waals surface area contributed by atoms with Gasteiger partial charge in [-0.05, 0) is 24.6 Å². The Labute approximate surface area is 68.5 Å². The molecule has 0 fully saturated rings. The van der Waals surface area contributed by atoms with Crippen molar-refractivity contribution in [3.8, 4) is 0 Å². The van der Waals surface area contributed by atoms with Gasteiger partial charge >= 0.3 is 0 Å². The Balaban J connectivity index is 0.000000461. The summed E-state index contributed by atoms with van der Waals surface area (Å²) in [4.78, 5) is 4.03. The number of rotatable bonds is 1. The summed E-state index contributed by atoms with van der Waals surface area (Å²) in [6.07, 6.45) is 1.78. The first kappa shape index (κ1) is 10.1. The van der Waals surface area contributed by atoms with Crippen LogP contribution in [0.3, 0.4) is 0 Å². The van der Waals surface area contributed by atoms with E-state index in [1.54, 1.807) is 6.20 Å². The summed E-state index contributed by atoms with van der Waals surface area (Å²) in [5.74, 6) is 0. The van der Waals surface area contributed by atoms with Crippen LogP contribution in [0.1, 0.15) is 25.1 Å². The molecule has 0 radical (unpaired) electrons. The average molecular weight is 152 g/mol. The fraction of sp³-hybridized carbons (Fsp3) is 0.444. The van der Waals surface area contributed by atoms with Crippen LogP contribution in [0, 0.1) is 6.92 Å². The van der Waals surface area contributed by atoms with Gasteiger partial charge in [-0.15, -0.1) is 0 Å². The summed E-state index contributed by atoms with van der Waals surface area (Å²) < 4.78 is 0. The van der Waals surface area contributed by atoms with Crippen LogP contribution in [0.25, 0.3) is 0 Å². The first-order valence-electron chi connectivity index (χ1n) is 3.94. The molecule has 1 rings (SSSR count). The molecule has 62 valence electrons. The molecular formula is C9H16N2. The average Bonchev–Trinajstić information content (AvgIpc) is 2.08. The number of hydrogen-bond acceptors (Lipinski definition) is 2. The molecule has 0 unspecified atom stereocenters. The van der Waals surface area contributed by atoms with E-state index in [9.17, 15) is 0 Å². The van der Waals surface area contributed by atoms with Crippen molar-refractivity contribution in [2.24, 2.45) is 5.73 Å². The van der Waals surface area contributed by atoms with Gasteiger partial charge in [0.05, 0.1) is 5.69 Å². The summed E-state index contributed by atoms with van der Waals surface area (Å²) in [6.45, 7) is 6.56. The molecule has 0 aliphatic carbocycles. The van der Waals surface area contributed by atoms with Crippen LogP contribution in [-0.4, -0.2) is 4.98 Å². The smallest absolute Gasteiger partial charge is 0.0542 e. The van der Waals surface area contributed by atoms with E-state index in [2.05, 4.69) is 4.98 Å². The van der Waals surface area contributed by atoms with Gasteiger partial charge in [0.15, 0.2) is 0 Å². The second-order valence-electron chi connectivity index (χ2n) is 2.03. The topological polar surface area (TPSA) is 38.9 Å². The number of aryl methyl sites for hydroxylation is 1. The van der Waals surface area contributed by atoms with Crippen molar-refractivity contribution in [1.29, 1.82) is 0 Å². The van der Waals surface area contributed by atoms with E-state index in [1.807, 2.05) is 32.9 Å². The van der Waals surface area contributed by atoms with Crippen LogP contribution < -0.4 is 5.73 Å². The molecule has 1 heterocycles. The Kier molecular flexibility index (Phi) is 5.39. The van der Waals surface area contributed by atoms with Gasteiger partial charge in [0.25, 0.3) is 0 Å². The van der Waals surface area contributed by atoms with E-state index in [0.29, 0.717) is 6.54 Å². The lowest BCUT2D eigenvalue weighted by Gasteiger charge is -1.94. The number of hydrogen-bond donors (Lipinski definition) is 1. The Bertz CT molecular complexity index is 197. The Morgan fingerprint density at radius 1 is 1.45 bits per heavy atom. The molecule has 1 aromatic rings. The molecule has 2 N–H and O–H groups in total. The number of pyridine rings is 1. The zero-order valence-corrected chi connectivity index (χ0v) is 7.46. The molecule has 1 aromatic heterocycles. The van der Waals surface area contributed by atoms with E-state index in [-0.39, 0.29) is 0 Å². The Morgan fingerprint density at radius 2 is 2.09 bits per heavy atom. The van der Waals surface area contributed by atoms with Crippen molar-refractivity contribution in [3.05, 3.63) is 29.6 Å². The largest absolute Gasteiger partial charge is 0.325 e. The van der Waals surface area contributed by atoms with Crippen molar-refractivity contribution in [1.82, 2.24) is 4.98 Å². The molecule has 0 aliphatic heterocycles. The zero-order valence-electron chi connectivity index (χ0n) is 7.46. The van der Waals surface area contributed by atoms with Crippen molar-refractivity contribution < 1.29 is 0 Å². The van der Waals surface area contributed by atoms with Crippen LogP contribution in [0.5, 0.6) is 0 Å². The summed E-state index contributed by atoms with van der Waals surface area (Å²) in [6, 6.07) is 3.94. The lowest BCUT2D eigenvalue weighted by atomic mass is 10.2. The van der Waals surface area contributed by atoms with Gasteiger partial charge < -0.3 is 5.73 Å². The number of nitrogens with two attached hydrogens (primary N) is 1. The van der Waals surface area contributed by atoms with Crippen molar-refractivity contribution in [3.63, 3.8) is 0 Å². The summed E-state index contributed by atoms with van der Waals surface area (Å²) in [5.41, 5.74) is 7.52. The lowest BCUT2D eigenvalue weighted by Crippen LogP contribution is -1.98. The molecule has 0 bridgehead atoms. The third-order valence-corrected chi connectivity index (χ3v) is 1.18. The Hall–Kier alpha value is -0.890. The van der Waals surface area contributed by atoms with Gasteiger partial charge in [-0.25, -0.2) is 0 Å². The van der Waals surface area contributed by atoms with Crippen LogP contribution >= 0.6 is 0 Å². The van der Waals surface area contributed by atoms with E-state index in [0.717, 1.165) is 5.69 Å². The van der Waals surface area contributed by atoms with Crippen molar-refractivity contribution in [2.45, 2.75) is 27.3 Å². The molecule has 0 amide bonds. The highest BCUT2D eigenvalue weighted by Crippen LogP contribution is 1.97. The maximum atomic E-state index is 5.36. The normalized spacial score (nSPS) is 8.36. The molecule has 0 saturated heterocycles. The third-order valence-electron chi connectivity index (χ3n) is 1.18. The first-order valence-corrected chi connectivity index (χ1v) is 3.94. The van der Waals surface area contributed by atoms with Gasteiger partial charge in [-0.3, -0.25) is 4.98 Å². The fourth-order valence-corrected chi connectivity index (χ4v) is 0.710. The molecule has 2 heteroatoms. The third kappa shape index (κ3) is 3.73. The predicted octanol–water partition coefficient (Wildman–Crippen LogP) is 1.87. The minimum Gasteiger partial charge on any atom is -0.325 e. The minimum atomic E-state index is 0.529. The molecule has 2 nitrogen and oxygen atoms in total. The monoisotopic (exact) mass is 152 g/mol. The Morgan fingerprint density at radius 3 is 2.45 bits per heavy atom. The summed E-state index contributed by atoms with van der Waals surface area (Å²) >= 11 is 0. The van der Waals surface area contributed by atoms with Crippen LogP contribution in [-0.2, 0) is 6.54 Å². The van der Waals surface area contributed by atoms with Crippen molar-refractivity contribution in [2.75, 3.05) is 0 Å². The van der Waals surface area contributed by atoms with Crippen LogP contribution in [0.2, 0.25) is 0 Å². The molecule has 0 spiro atoms. The maximum absolute atomic E-state index is 5.36. The second-order valence-corrected chi connectivity index (χ2v) is 2.03. The van der Waals surface area contributed by atoms with E-state index < -0.39 is 0 Å². The molecule has 0 saturated carbocycles. The summed E-state index contributed by atoms with van der Waals surface area (Å²) in [7, 11) is 0. The highest BCUT2D eigenvalue weighted by atomic mass is 14.7. The van der Waals surface area contributed by atoms with E-state index in [4.69, 9.17) is 5.73 Å². The van der Waals surface area contributed by atoms with Gasteiger partial charge in [0.2, 0.25) is 0 Å². The fourth-order valence-electron chi connectivity index (χ4n) is 0.710.